The van der Waals surface area contributed by atoms with Gasteiger partial charge >= 0.3 is 0 Å². The first kappa shape index (κ1) is 10.8. The van der Waals surface area contributed by atoms with E-state index in [9.17, 15) is 0 Å². The molecule has 4 heteroatoms. The summed E-state index contributed by atoms with van der Waals surface area (Å²) < 4.78 is 0. The molecule has 1 aliphatic rings. The van der Waals surface area contributed by atoms with Gasteiger partial charge in [-0.3, -0.25) is 4.90 Å². The zero-order chi connectivity index (χ0) is 11.4. The summed E-state index contributed by atoms with van der Waals surface area (Å²) in [6.07, 6.45) is 0. The van der Waals surface area contributed by atoms with Crippen LogP contribution in [0.2, 0.25) is 0 Å². The average molecular weight is 216 g/mol. The fraction of sp³-hybridized carbons (Fsp3) is 0.417. The highest BCUT2D eigenvalue weighted by molar-refractivity contribution is 5.56. The van der Waals surface area contributed by atoms with Crippen LogP contribution < -0.4 is 10.6 Å². The van der Waals surface area contributed by atoms with Gasteiger partial charge in [0.2, 0.25) is 0 Å². The minimum atomic E-state index is 0.533. The first-order chi connectivity index (χ1) is 7.79. The maximum atomic E-state index is 8.62. The molecule has 0 atom stereocenters. The van der Waals surface area contributed by atoms with Crippen molar-refractivity contribution in [3.05, 3.63) is 24.3 Å². The van der Waals surface area contributed by atoms with Crippen molar-refractivity contribution in [1.82, 2.24) is 4.90 Å². The predicted octanol–water partition coefficient (Wildman–Crippen LogP) is 0.914. The lowest BCUT2D eigenvalue weighted by atomic mass is 10.2. The zero-order valence-corrected chi connectivity index (χ0v) is 9.26. The summed E-state index contributed by atoms with van der Waals surface area (Å²) in [5.41, 5.74) is 7.74. The summed E-state index contributed by atoms with van der Waals surface area (Å²) in [6, 6.07) is 10.1. The molecule has 16 heavy (non-hydrogen) atoms. The van der Waals surface area contributed by atoms with Crippen molar-refractivity contribution in [3.8, 4) is 6.07 Å². The molecule has 0 aliphatic carbocycles. The molecule has 0 amide bonds. The van der Waals surface area contributed by atoms with Crippen LogP contribution in [0.5, 0.6) is 0 Å². The van der Waals surface area contributed by atoms with Crippen molar-refractivity contribution in [2.45, 2.75) is 0 Å². The molecule has 1 saturated heterocycles. The van der Waals surface area contributed by atoms with Gasteiger partial charge in [0.15, 0.2) is 0 Å². The Bertz CT molecular complexity index is 388. The van der Waals surface area contributed by atoms with Gasteiger partial charge in [-0.2, -0.15) is 5.26 Å². The summed E-state index contributed by atoms with van der Waals surface area (Å²) in [4.78, 5) is 4.48. The molecule has 1 aliphatic heterocycles. The van der Waals surface area contributed by atoms with E-state index in [1.807, 2.05) is 18.2 Å². The second-order valence-electron chi connectivity index (χ2n) is 4.02. The third-order valence-electron chi connectivity index (χ3n) is 2.90. The highest BCUT2D eigenvalue weighted by Crippen LogP contribution is 2.18. The first-order valence-corrected chi connectivity index (χ1v) is 5.49. The lowest BCUT2D eigenvalue weighted by molar-refractivity contribution is 0.287. The molecule has 1 aromatic rings. The van der Waals surface area contributed by atoms with Crippen LogP contribution in [0.25, 0.3) is 0 Å². The van der Waals surface area contributed by atoms with Gasteiger partial charge in [-0.05, 0) is 18.2 Å². The van der Waals surface area contributed by atoms with E-state index in [0.29, 0.717) is 6.54 Å². The SMILES string of the molecule is N#CCN1CCN(c2cccc(N)c2)CC1. The van der Waals surface area contributed by atoms with Gasteiger partial charge in [0.05, 0.1) is 12.6 Å². The Kier molecular flexibility index (Phi) is 3.28. The van der Waals surface area contributed by atoms with E-state index >= 15 is 0 Å². The van der Waals surface area contributed by atoms with E-state index < -0.39 is 0 Å². The fourth-order valence-electron chi connectivity index (χ4n) is 1.99. The van der Waals surface area contributed by atoms with E-state index in [2.05, 4.69) is 21.9 Å². The molecule has 4 nitrogen and oxygen atoms in total. The van der Waals surface area contributed by atoms with Crippen molar-refractivity contribution >= 4 is 11.4 Å². The molecular weight excluding hydrogens is 200 g/mol. The molecule has 0 unspecified atom stereocenters. The molecule has 0 bridgehead atoms. The van der Waals surface area contributed by atoms with Crippen LogP contribution in [0.15, 0.2) is 24.3 Å². The number of rotatable bonds is 2. The van der Waals surface area contributed by atoms with E-state index in [0.717, 1.165) is 31.9 Å². The molecule has 84 valence electrons. The maximum absolute atomic E-state index is 8.62. The van der Waals surface area contributed by atoms with Crippen molar-refractivity contribution in [2.75, 3.05) is 43.4 Å². The number of hydrogen-bond donors (Lipinski definition) is 1. The number of piperazine rings is 1. The van der Waals surface area contributed by atoms with E-state index in [1.165, 1.54) is 5.69 Å². The third-order valence-corrected chi connectivity index (χ3v) is 2.90. The number of nitrogens with two attached hydrogens (primary N) is 1. The minimum Gasteiger partial charge on any atom is -0.399 e. The quantitative estimate of drug-likeness (QED) is 0.590. The summed E-state index contributed by atoms with van der Waals surface area (Å²) >= 11 is 0. The number of nitriles is 1. The molecule has 1 heterocycles. The Morgan fingerprint density at radius 2 is 2.00 bits per heavy atom. The Morgan fingerprint density at radius 3 is 2.62 bits per heavy atom. The summed E-state index contributed by atoms with van der Waals surface area (Å²) in [7, 11) is 0. The molecule has 1 fully saturated rings. The molecule has 2 rings (SSSR count). The molecule has 1 aromatic carbocycles. The zero-order valence-electron chi connectivity index (χ0n) is 9.26. The summed E-state index contributed by atoms with van der Waals surface area (Å²) in [6.45, 7) is 4.35. The number of nitrogen functional groups attached to an aromatic ring is 1. The highest BCUT2D eigenvalue weighted by Gasteiger charge is 2.16. The second kappa shape index (κ2) is 4.86. The number of anilines is 2. The van der Waals surface area contributed by atoms with Crippen molar-refractivity contribution in [2.24, 2.45) is 0 Å². The maximum Gasteiger partial charge on any atom is 0.0867 e. The van der Waals surface area contributed by atoms with Crippen LogP contribution in [-0.4, -0.2) is 37.6 Å². The normalized spacial score (nSPS) is 17.1. The monoisotopic (exact) mass is 216 g/mol. The molecule has 0 saturated carbocycles. The second-order valence-corrected chi connectivity index (χ2v) is 4.02. The number of hydrogen-bond acceptors (Lipinski definition) is 4. The van der Waals surface area contributed by atoms with Gasteiger partial charge in [0.1, 0.15) is 0 Å². The summed E-state index contributed by atoms with van der Waals surface area (Å²) in [5.74, 6) is 0. The Hall–Kier alpha value is -1.73. The van der Waals surface area contributed by atoms with Crippen LogP contribution in [0, 0.1) is 11.3 Å². The predicted molar refractivity (Wildman–Crippen MR) is 65.1 cm³/mol. The van der Waals surface area contributed by atoms with Crippen LogP contribution >= 0.6 is 0 Å². The Balaban J connectivity index is 1.97. The molecule has 0 spiro atoms. The number of nitrogens with zero attached hydrogens (tertiary/aromatic N) is 3. The summed E-state index contributed by atoms with van der Waals surface area (Å²) in [5, 5.41) is 8.62. The van der Waals surface area contributed by atoms with E-state index in [4.69, 9.17) is 11.0 Å². The van der Waals surface area contributed by atoms with Gasteiger partial charge < -0.3 is 10.6 Å². The van der Waals surface area contributed by atoms with Crippen LogP contribution in [0.4, 0.5) is 11.4 Å². The van der Waals surface area contributed by atoms with Gasteiger partial charge in [-0.15, -0.1) is 0 Å². The fourth-order valence-corrected chi connectivity index (χ4v) is 1.99. The lowest BCUT2D eigenvalue weighted by Gasteiger charge is -2.35. The highest BCUT2D eigenvalue weighted by atomic mass is 15.3. The third kappa shape index (κ3) is 2.44. The van der Waals surface area contributed by atoms with Crippen molar-refractivity contribution < 1.29 is 0 Å². The Morgan fingerprint density at radius 1 is 1.25 bits per heavy atom. The van der Waals surface area contributed by atoms with Crippen molar-refractivity contribution in [3.63, 3.8) is 0 Å². The van der Waals surface area contributed by atoms with Crippen molar-refractivity contribution in [1.29, 1.82) is 5.26 Å². The standard InChI is InChI=1S/C12H16N4/c13-4-5-15-6-8-16(9-7-15)12-3-1-2-11(14)10-12/h1-3,10H,5-9,14H2. The molecule has 2 N–H and O–H groups in total. The molecule has 0 radical (unpaired) electrons. The Labute approximate surface area is 95.9 Å². The van der Waals surface area contributed by atoms with Gasteiger partial charge in [-0.1, -0.05) is 6.07 Å². The topological polar surface area (TPSA) is 56.3 Å². The number of benzene rings is 1. The minimum absolute atomic E-state index is 0.533. The lowest BCUT2D eigenvalue weighted by Crippen LogP contribution is -2.46. The molecular formula is C12H16N4. The smallest absolute Gasteiger partial charge is 0.0867 e. The molecule has 0 aromatic heterocycles. The van der Waals surface area contributed by atoms with E-state index in [1.54, 1.807) is 0 Å². The van der Waals surface area contributed by atoms with Crippen LogP contribution in [0.1, 0.15) is 0 Å². The van der Waals surface area contributed by atoms with Gasteiger partial charge in [0.25, 0.3) is 0 Å². The van der Waals surface area contributed by atoms with Crippen LogP contribution in [-0.2, 0) is 0 Å². The van der Waals surface area contributed by atoms with Gasteiger partial charge in [-0.25, -0.2) is 0 Å². The average Bonchev–Trinajstić information content (AvgIpc) is 2.30. The van der Waals surface area contributed by atoms with Gasteiger partial charge in [0, 0.05) is 37.6 Å². The van der Waals surface area contributed by atoms with Crippen LogP contribution in [0.3, 0.4) is 0 Å². The largest absolute Gasteiger partial charge is 0.399 e. The van der Waals surface area contributed by atoms with E-state index in [-0.39, 0.29) is 0 Å². The first-order valence-electron chi connectivity index (χ1n) is 5.49.